The predicted molar refractivity (Wildman–Crippen MR) is 74.5 cm³/mol. The molecule has 7 nitrogen and oxygen atoms in total. The normalized spacial score (nSPS) is 12.9. The van der Waals surface area contributed by atoms with Crippen molar-refractivity contribution in [1.29, 1.82) is 0 Å². The molecule has 0 aliphatic rings. The van der Waals surface area contributed by atoms with E-state index < -0.39 is 17.6 Å². The molecule has 0 aliphatic heterocycles. The number of alkyl carbamates (subject to hydrolysis) is 1. The van der Waals surface area contributed by atoms with Crippen LogP contribution in [-0.2, 0) is 20.9 Å². The summed E-state index contributed by atoms with van der Waals surface area (Å²) in [5.74, 6) is -1.66. The molecule has 0 fully saturated rings. The number of hydrogen-bond acceptors (Lipinski definition) is 4. The highest BCUT2D eigenvalue weighted by atomic mass is 16.5. The van der Waals surface area contributed by atoms with E-state index in [9.17, 15) is 14.4 Å². The lowest BCUT2D eigenvalue weighted by Gasteiger charge is -2.25. The first kappa shape index (κ1) is 16.5. The van der Waals surface area contributed by atoms with Crippen molar-refractivity contribution < 1.29 is 24.2 Å². The summed E-state index contributed by atoms with van der Waals surface area (Å²) in [5, 5.41) is 13.8. The Morgan fingerprint density at radius 2 is 1.86 bits per heavy atom. The van der Waals surface area contributed by atoms with E-state index in [-0.39, 0.29) is 19.1 Å². The molecule has 0 saturated heterocycles. The fourth-order valence-electron chi connectivity index (χ4n) is 1.46. The third-order valence-corrected chi connectivity index (χ3v) is 2.75. The maximum absolute atomic E-state index is 11.7. The number of nitrogens with one attached hydrogen (secondary N) is 2. The van der Waals surface area contributed by atoms with E-state index in [2.05, 4.69) is 10.6 Å². The minimum atomic E-state index is -1.64. The molecule has 0 saturated carbocycles. The summed E-state index contributed by atoms with van der Waals surface area (Å²) in [4.78, 5) is 33.8. The molecule has 0 bridgehead atoms. The molecule has 3 N–H and O–H groups in total. The van der Waals surface area contributed by atoms with Gasteiger partial charge in [-0.3, -0.25) is 4.79 Å². The van der Waals surface area contributed by atoms with Crippen LogP contribution < -0.4 is 10.6 Å². The van der Waals surface area contributed by atoms with Crippen molar-refractivity contribution in [3.63, 3.8) is 0 Å². The number of benzene rings is 1. The molecular formula is C14H18N2O5. The van der Waals surface area contributed by atoms with Crippen LogP contribution in [0.2, 0.25) is 0 Å². The van der Waals surface area contributed by atoms with Crippen LogP contribution in [-0.4, -0.2) is 35.2 Å². The third-order valence-electron chi connectivity index (χ3n) is 2.75. The summed E-state index contributed by atoms with van der Waals surface area (Å²) in [5.41, 5.74) is -0.856. The fraction of sp³-hybridized carbons (Fsp3) is 0.357. The summed E-state index contributed by atoms with van der Waals surface area (Å²) in [6.07, 6.45) is -0.867. The molecule has 0 spiro atoms. The Bertz CT molecular complexity index is 517. The average Bonchev–Trinajstić information content (AvgIpc) is 2.44. The third kappa shape index (κ3) is 5.52. The van der Waals surface area contributed by atoms with E-state index in [1.165, 1.54) is 13.8 Å². The number of aliphatic carboxylic acids is 1. The van der Waals surface area contributed by atoms with Gasteiger partial charge in [-0.05, 0) is 12.5 Å². The van der Waals surface area contributed by atoms with Crippen LogP contribution in [0.1, 0.15) is 19.4 Å². The van der Waals surface area contributed by atoms with Crippen LogP contribution in [0.4, 0.5) is 4.79 Å². The van der Waals surface area contributed by atoms with Gasteiger partial charge in [-0.15, -0.1) is 0 Å². The van der Waals surface area contributed by atoms with Gasteiger partial charge in [-0.1, -0.05) is 30.3 Å². The molecule has 0 heterocycles. The summed E-state index contributed by atoms with van der Waals surface area (Å²) in [6, 6.07) is 8.99. The molecule has 2 amide bonds. The monoisotopic (exact) mass is 294 g/mol. The summed E-state index contributed by atoms with van der Waals surface area (Å²) in [7, 11) is 0. The minimum Gasteiger partial charge on any atom is -0.479 e. The second-order valence-electron chi connectivity index (χ2n) is 4.73. The topological polar surface area (TPSA) is 105 Å². The SMILES string of the molecule is CC(=O)NC[C@](C)(NC(=O)OCc1ccccc1)C(=O)O. The molecule has 114 valence electrons. The predicted octanol–water partition coefficient (Wildman–Crippen LogP) is 0.892. The highest BCUT2D eigenvalue weighted by molar-refractivity contribution is 5.85. The molecule has 1 aromatic rings. The molecule has 1 atom stereocenters. The number of carboxylic acids is 1. The van der Waals surface area contributed by atoms with Gasteiger partial charge in [0.25, 0.3) is 0 Å². The molecule has 1 aromatic carbocycles. The number of rotatable bonds is 6. The Morgan fingerprint density at radius 3 is 2.38 bits per heavy atom. The van der Waals surface area contributed by atoms with Crippen LogP contribution in [0.25, 0.3) is 0 Å². The van der Waals surface area contributed by atoms with Gasteiger partial charge in [0.1, 0.15) is 6.61 Å². The van der Waals surface area contributed by atoms with Crippen molar-refractivity contribution in [3.05, 3.63) is 35.9 Å². The van der Waals surface area contributed by atoms with E-state index >= 15 is 0 Å². The number of hydrogen-bond donors (Lipinski definition) is 3. The first-order valence-corrected chi connectivity index (χ1v) is 6.30. The molecule has 1 rings (SSSR count). The smallest absolute Gasteiger partial charge is 0.408 e. The largest absolute Gasteiger partial charge is 0.479 e. The van der Waals surface area contributed by atoms with Crippen molar-refractivity contribution in [2.75, 3.05) is 6.54 Å². The molecule has 0 aliphatic carbocycles. The van der Waals surface area contributed by atoms with E-state index in [4.69, 9.17) is 9.84 Å². The van der Waals surface area contributed by atoms with Gasteiger partial charge in [0.2, 0.25) is 5.91 Å². The second-order valence-corrected chi connectivity index (χ2v) is 4.73. The van der Waals surface area contributed by atoms with Crippen LogP contribution in [0, 0.1) is 0 Å². The summed E-state index contributed by atoms with van der Waals surface area (Å²) >= 11 is 0. The zero-order valence-electron chi connectivity index (χ0n) is 11.9. The van der Waals surface area contributed by atoms with Gasteiger partial charge in [0, 0.05) is 6.92 Å². The van der Waals surface area contributed by atoms with Crippen LogP contribution >= 0.6 is 0 Å². The number of carboxylic acid groups (broad SMARTS) is 1. The number of carbonyl (C=O) groups excluding carboxylic acids is 2. The van der Waals surface area contributed by atoms with Crippen molar-refractivity contribution in [2.45, 2.75) is 26.0 Å². The van der Waals surface area contributed by atoms with E-state index in [0.29, 0.717) is 0 Å². The maximum Gasteiger partial charge on any atom is 0.408 e. The Hall–Kier alpha value is -2.57. The van der Waals surface area contributed by atoms with Gasteiger partial charge in [-0.2, -0.15) is 0 Å². The van der Waals surface area contributed by atoms with E-state index in [1.54, 1.807) is 24.3 Å². The van der Waals surface area contributed by atoms with Crippen LogP contribution in [0.5, 0.6) is 0 Å². The Kier molecular flexibility index (Phi) is 5.71. The van der Waals surface area contributed by atoms with Gasteiger partial charge in [0.15, 0.2) is 5.54 Å². The quantitative estimate of drug-likeness (QED) is 0.722. The fourth-order valence-corrected chi connectivity index (χ4v) is 1.46. The maximum atomic E-state index is 11.7. The Labute approximate surface area is 122 Å². The lowest BCUT2D eigenvalue weighted by atomic mass is 10.0. The van der Waals surface area contributed by atoms with Gasteiger partial charge in [-0.25, -0.2) is 9.59 Å². The number of amides is 2. The number of ether oxygens (including phenoxy) is 1. The molecule has 0 unspecified atom stereocenters. The average molecular weight is 294 g/mol. The Morgan fingerprint density at radius 1 is 1.24 bits per heavy atom. The summed E-state index contributed by atoms with van der Waals surface area (Å²) < 4.78 is 4.95. The molecule has 0 radical (unpaired) electrons. The Balaban J connectivity index is 2.56. The highest BCUT2D eigenvalue weighted by Gasteiger charge is 2.35. The van der Waals surface area contributed by atoms with Crippen molar-refractivity contribution in [1.82, 2.24) is 10.6 Å². The molecular weight excluding hydrogens is 276 g/mol. The van der Waals surface area contributed by atoms with Crippen molar-refractivity contribution >= 4 is 18.0 Å². The second kappa shape index (κ2) is 7.28. The van der Waals surface area contributed by atoms with Crippen molar-refractivity contribution in [2.24, 2.45) is 0 Å². The lowest BCUT2D eigenvalue weighted by molar-refractivity contribution is -0.143. The molecule has 7 heteroatoms. The minimum absolute atomic E-state index is 0.0303. The zero-order chi connectivity index (χ0) is 15.9. The van der Waals surface area contributed by atoms with E-state index in [0.717, 1.165) is 5.56 Å². The lowest BCUT2D eigenvalue weighted by Crippen LogP contribution is -2.58. The van der Waals surface area contributed by atoms with Gasteiger partial charge >= 0.3 is 12.1 Å². The van der Waals surface area contributed by atoms with Crippen LogP contribution in [0.15, 0.2) is 30.3 Å². The summed E-state index contributed by atoms with van der Waals surface area (Å²) in [6.45, 7) is 2.34. The molecule has 21 heavy (non-hydrogen) atoms. The standard InChI is InChI=1S/C14H18N2O5/c1-10(17)15-9-14(2,12(18)19)16-13(20)21-8-11-6-4-3-5-7-11/h3-7H,8-9H2,1-2H3,(H,15,17)(H,16,20)(H,18,19)/t14-/m0/s1. The zero-order valence-corrected chi connectivity index (χ0v) is 11.9. The van der Waals surface area contributed by atoms with Gasteiger partial charge < -0.3 is 20.5 Å². The first-order valence-electron chi connectivity index (χ1n) is 6.30. The first-order chi connectivity index (χ1) is 9.83. The van der Waals surface area contributed by atoms with Crippen molar-refractivity contribution in [3.8, 4) is 0 Å². The van der Waals surface area contributed by atoms with Gasteiger partial charge in [0.05, 0.1) is 6.54 Å². The number of carbonyl (C=O) groups is 3. The van der Waals surface area contributed by atoms with E-state index in [1.807, 2.05) is 6.07 Å². The highest BCUT2D eigenvalue weighted by Crippen LogP contribution is 2.05. The molecule has 0 aromatic heterocycles. The van der Waals surface area contributed by atoms with Crippen LogP contribution in [0.3, 0.4) is 0 Å².